The maximum Gasteiger partial charge on any atom is 0.291 e. The third-order valence-corrected chi connectivity index (χ3v) is 5.37. The molecule has 1 N–H and O–H groups in total. The minimum absolute atomic E-state index is 0.0561. The Kier molecular flexibility index (Phi) is 6.30. The summed E-state index contributed by atoms with van der Waals surface area (Å²) in [7, 11) is 0. The summed E-state index contributed by atoms with van der Waals surface area (Å²) in [6, 6.07) is 11.3. The quantitative estimate of drug-likeness (QED) is 0.433. The highest BCUT2D eigenvalue weighted by atomic mass is 16.5. The highest BCUT2D eigenvalue weighted by Crippen LogP contribution is 2.23. The van der Waals surface area contributed by atoms with E-state index in [1.165, 1.54) is 4.68 Å². The Hall–Kier alpha value is -3.55. The van der Waals surface area contributed by atoms with Crippen LogP contribution in [0, 0.1) is 6.92 Å². The average molecular weight is 437 g/mol. The number of carbonyl (C=O) groups excluding carboxylic acids is 1. The van der Waals surface area contributed by atoms with Crippen molar-refractivity contribution in [2.45, 2.75) is 53.1 Å². The molecule has 0 bridgehead atoms. The summed E-state index contributed by atoms with van der Waals surface area (Å²) in [5.41, 5.74) is 2.92. The van der Waals surface area contributed by atoms with Crippen LogP contribution in [0.25, 0.3) is 16.6 Å². The van der Waals surface area contributed by atoms with Gasteiger partial charge in [0.25, 0.3) is 5.56 Å². The summed E-state index contributed by atoms with van der Waals surface area (Å²) in [5.74, 6) is 2.34. The van der Waals surface area contributed by atoms with Crippen LogP contribution in [0.3, 0.4) is 0 Å². The van der Waals surface area contributed by atoms with Gasteiger partial charge in [0.1, 0.15) is 22.9 Å². The Labute approximate surface area is 185 Å². The average Bonchev–Trinajstić information content (AvgIpc) is 3.31. The number of benzene rings is 1. The van der Waals surface area contributed by atoms with Crippen molar-refractivity contribution in [1.82, 2.24) is 19.5 Å². The monoisotopic (exact) mass is 436 g/mol. The third kappa shape index (κ3) is 4.39. The van der Waals surface area contributed by atoms with Crippen LogP contribution in [0.15, 0.2) is 45.6 Å². The van der Waals surface area contributed by atoms with Crippen LogP contribution in [0.2, 0.25) is 0 Å². The number of nitrogens with one attached hydrogen (secondary N) is 1. The van der Waals surface area contributed by atoms with Crippen molar-refractivity contribution in [2.75, 3.05) is 6.61 Å². The van der Waals surface area contributed by atoms with E-state index in [0.717, 1.165) is 28.4 Å². The fourth-order valence-corrected chi connectivity index (χ4v) is 3.84. The van der Waals surface area contributed by atoms with Gasteiger partial charge in [-0.2, -0.15) is 5.10 Å². The molecule has 4 rings (SSSR count). The lowest BCUT2D eigenvalue weighted by Gasteiger charge is -2.10. The second-order valence-electron chi connectivity index (χ2n) is 7.73. The van der Waals surface area contributed by atoms with Gasteiger partial charge in [0.15, 0.2) is 5.58 Å². The SMILES string of the molecule is CCOc1ccc(CNC(=O)CCCn2nc(CC)n3c(cc4oc(C)cc43)c2=O)cc1. The number of furan rings is 1. The normalized spacial score (nSPS) is 11.3. The fourth-order valence-electron chi connectivity index (χ4n) is 3.84. The van der Waals surface area contributed by atoms with E-state index in [1.807, 2.05) is 55.5 Å². The number of aromatic nitrogens is 3. The van der Waals surface area contributed by atoms with Gasteiger partial charge in [-0.15, -0.1) is 0 Å². The van der Waals surface area contributed by atoms with Crippen LogP contribution in [-0.4, -0.2) is 26.7 Å². The molecule has 1 amide bonds. The molecular weight excluding hydrogens is 408 g/mol. The van der Waals surface area contributed by atoms with Gasteiger partial charge in [-0.1, -0.05) is 19.1 Å². The van der Waals surface area contributed by atoms with Crippen LogP contribution in [-0.2, 0) is 24.3 Å². The Morgan fingerprint density at radius 3 is 2.66 bits per heavy atom. The van der Waals surface area contributed by atoms with Gasteiger partial charge in [-0.25, -0.2) is 4.68 Å². The Bertz CT molecular complexity index is 1300. The van der Waals surface area contributed by atoms with E-state index in [0.29, 0.717) is 50.1 Å². The predicted molar refractivity (Wildman–Crippen MR) is 122 cm³/mol. The van der Waals surface area contributed by atoms with Crippen LogP contribution in [0.4, 0.5) is 0 Å². The van der Waals surface area contributed by atoms with Crippen LogP contribution >= 0.6 is 0 Å². The maximum atomic E-state index is 12.9. The van der Waals surface area contributed by atoms with Crippen LogP contribution < -0.4 is 15.6 Å². The highest BCUT2D eigenvalue weighted by Gasteiger charge is 2.16. The second kappa shape index (κ2) is 9.30. The standard InChI is InChI=1S/C24H28N4O4/c1-4-22-26-27(24(30)20-14-21-19(28(20)22)13-16(3)32-21)12-6-7-23(29)25-15-17-8-10-18(11-9-17)31-5-2/h8-11,13-14H,4-7,12,15H2,1-3H3,(H,25,29). The largest absolute Gasteiger partial charge is 0.494 e. The van der Waals surface area contributed by atoms with E-state index in [-0.39, 0.29) is 11.5 Å². The van der Waals surface area contributed by atoms with Gasteiger partial charge in [-0.3, -0.25) is 14.0 Å². The number of hydrogen-bond acceptors (Lipinski definition) is 5. The van der Waals surface area contributed by atoms with Gasteiger partial charge in [0.05, 0.1) is 12.1 Å². The number of hydrogen-bond donors (Lipinski definition) is 1. The van der Waals surface area contributed by atoms with Gasteiger partial charge < -0.3 is 14.5 Å². The lowest BCUT2D eigenvalue weighted by Crippen LogP contribution is -2.28. The van der Waals surface area contributed by atoms with Crippen LogP contribution in [0.1, 0.15) is 43.8 Å². The molecule has 0 atom stereocenters. The van der Waals surface area contributed by atoms with Crippen molar-refractivity contribution >= 4 is 22.5 Å². The molecule has 0 aliphatic rings. The molecule has 0 aliphatic heterocycles. The molecule has 0 saturated heterocycles. The summed E-state index contributed by atoms with van der Waals surface area (Å²) in [6.07, 6.45) is 1.52. The van der Waals surface area contributed by atoms with E-state index in [2.05, 4.69) is 10.4 Å². The summed E-state index contributed by atoms with van der Waals surface area (Å²) < 4.78 is 14.4. The molecule has 1 aromatic carbocycles. The molecule has 0 radical (unpaired) electrons. The third-order valence-electron chi connectivity index (χ3n) is 5.37. The Balaban J connectivity index is 1.38. The number of fused-ring (bicyclic) bond motifs is 3. The van der Waals surface area contributed by atoms with Crippen molar-refractivity contribution in [1.29, 1.82) is 0 Å². The Morgan fingerprint density at radius 2 is 1.94 bits per heavy atom. The van der Waals surface area contributed by atoms with E-state index in [1.54, 1.807) is 6.07 Å². The summed E-state index contributed by atoms with van der Waals surface area (Å²) in [5, 5.41) is 7.47. The molecule has 0 aliphatic carbocycles. The molecule has 8 nitrogen and oxygen atoms in total. The number of rotatable bonds is 9. The molecule has 0 spiro atoms. The number of nitrogens with zero attached hydrogens (tertiary/aromatic N) is 3. The zero-order valence-corrected chi connectivity index (χ0v) is 18.7. The van der Waals surface area contributed by atoms with Gasteiger partial charge in [0, 0.05) is 38.1 Å². The molecule has 4 aromatic rings. The number of ether oxygens (including phenoxy) is 1. The first kappa shape index (κ1) is 21.7. The minimum Gasteiger partial charge on any atom is -0.494 e. The zero-order chi connectivity index (χ0) is 22.7. The van der Waals surface area contributed by atoms with E-state index >= 15 is 0 Å². The van der Waals surface area contributed by atoms with Crippen LogP contribution in [0.5, 0.6) is 5.75 Å². The molecule has 168 valence electrons. The summed E-state index contributed by atoms with van der Waals surface area (Å²) in [4.78, 5) is 25.2. The number of aryl methyl sites for hydroxylation is 3. The number of carbonyl (C=O) groups is 1. The maximum absolute atomic E-state index is 12.9. The molecule has 0 unspecified atom stereocenters. The topological polar surface area (TPSA) is 90.8 Å². The predicted octanol–water partition coefficient (Wildman–Crippen LogP) is 3.61. The smallest absolute Gasteiger partial charge is 0.291 e. The minimum atomic E-state index is -0.180. The van der Waals surface area contributed by atoms with E-state index in [9.17, 15) is 9.59 Å². The van der Waals surface area contributed by atoms with Crippen molar-refractivity contribution in [3.63, 3.8) is 0 Å². The zero-order valence-electron chi connectivity index (χ0n) is 18.7. The molecule has 8 heteroatoms. The first-order valence-corrected chi connectivity index (χ1v) is 11.0. The first-order chi connectivity index (χ1) is 15.5. The van der Waals surface area contributed by atoms with Crippen molar-refractivity contribution in [3.05, 3.63) is 63.9 Å². The molecular formula is C24H28N4O4. The summed E-state index contributed by atoms with van der Waals surface area (Å²) in [6.45, 7) is 7.29. The molecule has 0 saturated carbocycles. The molecule has 0 fully saturated rings. The lowest BCUT2D eigenvalue weighted by atomic mass is 10.2. The molecule has 3 heterocycles. The number of amides is 1. The van der Waals surface area contributed by atoms with E-state index in [4.69, 9.17) is 9.15 Å². The van der Waals surface area contributed by atoms with E-state index < -0.39 is 0 Å². The van der Waals surface area contributed by atoms with Crippen molar-refractivity contribution in [2.24, 2.45) is 0 Å². The van der Waals surface area contributed by atoms with Gasteiger partial charge >= 0.3 is 0 Å². The van der Waals surface area contributed by atoms with Gasteiger partial charge in [0.2, 0.25) is 5.91 Å². The second-order valence-corrected chi connectivity index (χ2v) is 7.73. The van der Waals surface area contributed by atoms with Crippen molar-refractivity contribution < 1.29 is 13.9 Å². The lowest BCUT2D eigenvalue weighted by molar-refractivity contribution is -0.121. The molecule has 32 heavy (non-hydrogen) atoms. The fraction of sp³-hybridized carbons (Fsp3) is 0.375. The first-order valence-electron chi connectivity index (χ1n) is 11.0. The molecule has 3 aromatic heterocycles. The Morgan fingerprint density at radius 1 is 1.16 bits per heavy atom. The summed E-state index contributed by atoms with van der Waals surface area (Å²) >= 11 is 0. The highest BCUT2D eigenvalue weighted by molar-refractivity contribution is 5.83. The van der Waals surface area contributed by atoms with Crippen molar-refractivity contribution in [3.8, 4) is 5.75 Å². The van der Waals surface area contributed by atoms with Gasteiger partial charge in [-0.05, 0) is 38.0 Å².